The van der Waals surface area contributed by atoms with Crippen molar-refractivity contribution in [2.75, 3.05) is 0 Å². The van der Waals surface area contributed by atoms with Gasteiger partial charge >= 0.3 is 5.69 Å². The SMILES string of the molecule is NS(=O)(=O)c1ccc(Oc2cc(Cl)cc(Cl)c2)c([N+](=O)[O-])c1. The second kappa shape index (κ2) is 6.09. The highest BCUT2D eigenvalue weighted by atomic mass is 35.5. The minimum absolute atomic E-state index is 0.170. The van der Waals surface area contributed by atoms with Crippen LogP contribution in [0.15, 0.2) is 41.3 Å². The fraction of sp³-hybridized carbons (Fsp3) is 0. The zero-order valence-corrected chi connectivity index (χ0v) is 13.0. The van der Waals surface area contributed by atoms with Crippen molar-refractivity contribution in [1.29, 1.82) is 0 Å². The lowest BCUT2D eigenvalue weighted by Crippen LogP contribution is -2.12. The molecular formula is C12H8Cl2N2O5S. The summed E-state index contributed by atoms with van der Waals surface area (Å²) in [5, 5.41) is 16.6. The molecule has 7 nitrogen and oxygen atoms in total. The van der Waals surface area contributed by atoms with Crippen LogP contribution in [-0.2, 0) is 10.0 Å². The number of hydrogen-bond acceptors (Lipinski definition) is 5. The summed E-state index contributed by atoms with van der Waals surface area (Å²) in [5.41, 5.74) is -0.553. The summed E-state index contributed by atoms with van der Waals surface area (Å²) < 4.78 is 27.8. The summed E-state index contributed by atoms with van der Waals surface area (Å²) in [4.78, 5) is 9.89. The molecule has 2 aromatic rings. The van der Waals surface area contributed by atoms with Gasteiger partial charge in [-0.3, -0.25) is 10.1 Å². The number of benzene rings is 2. The highest BCUT2D eigenvalue weighted by molar-refractivity contribution is 7.89. The van der Waals surface area contributed by atoms with E-state index >= 15 is 0 Å². The van der Waals surface area contributed by atoms with Crippen LogP contribution in [0.3, 0.4) is 0 Å². The molecule has 22 heavy (non-hydrogen) atoms. The third kappa shape index (κ3) is 3.86. The quantitative estimate of drug-likeness (QED) is 0.661. The molecule has 0 atom stereocenters. The predicted molar refractivity (Wildman–Crippen MR) is 81.0 cm³/mol. The number of sulfonamides is 1. The van der Waals surface area contributed by atoms with E-state index in [1.54, 1.807) is 0 Å². The van der Waals surface area contributed by atoms with Gasteiger partial charge in [0.1, 0.15) is 5.75 Å². The van der Waals surface area contributed by atoms with Gasteiger partial charge in [0.15, 0.2) is 0 Å². The molecule has 0 bridgehead atoms. The van der Waals surface area contributed by atoms with Crippen LogP contribution in [0.4, 0.5) is 5.69 Å². The molecule has 0 aliphatic rings. The fourth-order valence-electron chi connectivity index (χ4n) is 1.62. The third-order valence-corrected chi connectivity index (χ3v) is 3.87. The van der Waals surface area contributed by atoms with E-state index in [-0.39, 0.29) is 21.5 Å². The van der Waals surface area contributed by atoms with Crippen molar-refractivity contribution < 1.29 is 18.1 Å². The van der Waals surface area contributed by atoms with Gasteiger partial charge in [-0.15, -0.1) is 0 Å². The Labute approximate surface area is 135 Å². The molecule has 0 aliphatic carbocycles. The Hall–Kier alpha value is -1.87. The topological polar surface area (TPSA) is 113 Å². The minimum atomic E-state index is -4.06. The van der Waals surface area contributed by atoms with Gasteiger partial charge in [0.25, 0.3) is 0 Å². The van der Waals surface area contributed by atoms with Crippen LogP contribution in [-0.4, -0.2) is 13.3 Å². The van der Waals surface area contributed by atoms with E-state index in [2.05, 4.69) is 0 Å². The van der Waals surface area contributed by atoms with Crippen LogP contribution >= 0.6 is 23.2 Å². The normalized spacial score (nSPS) is 11.2. The van der Waals surface area contributed by atoms with Gasteiger partial charge in [-0.2, -0.15) is 0 Å². The first-order chi connectivity index (χ1) is 10.2. The Balaban J connectivity index is 2.49. The van der Waals surface area contributed by atoms with E-state index in [4.69, 9.17) is 33.1 Å². The van der Waals surface area contributed by atoms with E-state index < -0.39 is 25.5 Å². The van der Waals surface area contributed by atoms with E-state index in [0.717, 1.165) is 18.2 Å². The summed E-state index contributed by atoms with van der Waals surface area (Å²) >= 11 is 11.6. The van der Waals surface area contributed by atoms with Crippen molar-refractivity contribution in [3.63, 3.8) is 0 Å². The first-order valence-electron chi connectivity index (χ1n) is 5.62. The molecule has 2 aromatic carbocycles. The zero-order chi connectivity index (χ0) is 16.5. The standard InChI is InChI=1S/C12H8Cl2N2O5S/c13-7-3-8(14)5-9(4-7)21-12-2-1-10(22(15,19)20)6-11(12)16(17)18/h1-6H,(H2,15,19,20). The molecule has 0 unspecified atom stereocenters. The fourth-order valence-corrected chi connectivity index (χ4v) is 2.66. The van der Waals surface area contributed by atoms with E-state index in [9.17, 15) is 18.5 Å². The highest BCUT2D eigenvalue weighted by Crippen LogP contribution is 2.35. The van der Waals surface area contributed by atoms with Gasteiger partial charge in [0.05, 0.1) is 9.82 Å². The molecule has 0 radical (unpaired) electrons. The molecule has 0 saturated carbocycles. The van der Waals surface area contributed by atoms with Crippen molar-refractivity contribution in [1.82, 2.24) is 0 Å². The largest absolute Gasteiger partial charge is 0.450 e. The third-order valence-electron chi connectivity index (χ3n) is 2.52. The van der Waals surface area contributed by atoms with Crippen LogP contribution in [0.5, 0.6) is 11.5 Å². The number of nitro groups is 1. The molecule has 0 aliphatic heterocycles. The van der Waals surface area contributed by atoms with Crippen molar-refractivity contribution >= 4 is 38.9 Å². The second-order valence-corrected chi connectivity index (χ2v) is 6.57. The Morgan fingerprint density at radius 3 is 2.18 bits per heavy atom. The number of halogens is 2. The summed E-state index contributed by atoms with van der Waals surface area (Å²) in [7, 11) is -4.06. The minimum Gasteiger partial charge on any atom is -0.450 e. The van der Waals surface area contributed by atoms with E-state index in [1.165, 1.54) is 18.2 Å². The monoisotopic (exact) mass is 362 g/mol. The first kappa shape index (κ1) is 16.5. The van der Waals surface area contributed by atoms with Gasteiger partial charge in [-0.25, -0.2) is 13.6 Å². The molecule has 0 spiro atoms. The Morgan fingerprint density at radius 2 is 1.68 bits per heavy atom. The van der Waals surface area contributed by atoms with Crippen LogP contribution in [0, 0.1) is 10.1 Å². The molecule has 0 amide bonds. The summed E-state index contributed by atoms with van der Waals surface area (Å²) in [6.45, 7) is 0. The molecule has 0 fully saturated rings. The summed E-state index contributed by atoms with van der Waals surface area (Å²) in [6, 6.07) is 7.33. The first-order valence-corrected chi connectivity index (χ1v) is 7.92. The second-order valence-electron chi connectivity index (χ2n) is 4.14. The number of rotatable bonds is 4. The molecule has 0 heterocycles. The van der Waals surface area contributed by atoms with Crippen LogP contribution in [0.25, 0.3) is 0 Å². The number of ether oxygens (including phenoxy) is 1. The van der Waals surface area contributed by atoms with Crippen LogP contribution in [0.1, 0.15) is 0 Å². The maximum atomic E-state index is 11.2. The number of hydrogen-bond donors (Lipinski definition) is 1. The molecular weight excluding hydrogens is 355 g/mol. The van der Waals surface area contributed by atoms with Crippen molar-refractivity contribution in [3.8, 4) is 11.5 Å². The van der Waals surface area contributed by atoms with E-state index in [0.29, 0.717) is 0 Å². The van der Waals surface area contributed by atoms with Crippen molar-refractivity contribution in [3.05, 3.63) is 56.6 Å². The summed E-state index contributed by atoms with van der Waals surface area (Å²) in [5.74, 6) is -0.000288. The van der Waals surface area contributed by atoms with Gasteiger partial charge in [-0.1, -0.05) is 23.2 Å². The lowest BCUT2D eigenvalue weighted by Gasteiger charge is -2.08. The molecule has 116 valence electrons. The maximum Gasteiger partial charge on any atom is 0.312 e. The number of primary sulfonamides is 1. The van der Waals surface area contributed by atoms with Gasteiger partial charge < -0.3 is 4.74 Å². The molecule has 0 aromatic heterocycles. The number of nitro benzene ring substituents is 1. The predicted octanol–water partition coefficient (Wildman–Crippen LogP) is 3.34. The lowest BCUT2D eigenvalue weighted by molar-refractivity contribution is -0.385. The van der Waals surface area contributed by atoms with Gasteiger partial charge in [0.2, 0.25) is 15.8 Å². The lowest BCUT2D eigenvalue weighted by atomic mass is 10.3. The van der Waals surface area contributed by atoms with Gasteiger partial charge in [0, 0.05) is 16.1 Å². The number of nitrogens with two attached hydrogens (primary N) is 1. The molecule has 2 N–H and O–H groups in total. The Morgan fingerprint density at radius 1 is 1.09 bits per heavy atom. The van der Waals surface area contributed by atoms with Crippen LogP contribution in [0.2, 0.25) is 10.0 Å². The summed E-state index contributed by atoms with van der Waals surface area (Å²) in [6.07, 6.45) is 0. The van der Waals surface area contributed by atoms with Crippen molar-refractivity contribution in [2.45, 2.75) is 4.90 Å². The average Bonchev–Trinajstić information content (AvgIpc) is 2.36. The zero-order valence-electron chi connectivity index (χ0n) is 10.7. The number of nitrogens with zero attached hydrogens (tertiary/aromatic N) is 1. The smallest absolute Gasteiger partial charge is 0.312 e. The van der Waals surface area contributed by atoms with E-state index in [1.807, 2.05) is 0 Å². The molecule has 10 heteroatoms. The Bertz CT molecular complexity index is 834. The van der Waals surface area contributed by atoms with Crippen molar-refractivity contribution in [2.24, 2.45) is 5.14 Å². The highest BCUT2D eigenvalue weighted by Gasteiger charge is 2.20. The van der Waals surface area contributed by atoms with Crippen LogP contribution < -0.4 is 9.88 Å². The maximum absolute atomic E-state index is 11.2. The molecule has 2 rings (SSSR count). The molecule has 0 saturated heterocycles. The van der Waals surface area contributed by atoms with Gasteiger partial charge in [-0.05, 0) is 30.3 Å². The average molecular weight is 363 g/mol. The Kier molecular flexibility index (Phi) is 4.57.